The van der Waals surface area contributed by atoms with E-state index in [1.165, 1.54) is 0 Å². The third-order valence-corrected chi connectivity index (χ3v) is 8.41. The van der Waals surface area contributed by atoms with Crippen LogP contribution in [0.15, 0.2) is 30.3 Å². The van der Waals surface area contributed by atoms with Crippen LogP contribution in [0.3, 0.4) is 0 Å². The van der Waals surface area contributed by atoms with E-state index >= 15 is 0 Å². The highest BCUT2D eigenvalue weighted by Gasteiger charge is 2.41. The van der Waals surface area contributed by atoms with E-state index in [1.807, 2.05) is 56.9 Å². The number of rotatable bonds is 8. The Kier molecular flexibility index (Phi) is 9.29. The van der Waals surface area contributed by atoms with Crippen molar-refractivity contribution in [3.05, 3.63) is 41.6 Å². The van der Waals surface area contributed by atoms with Crippen LogP contribution in [0, 0.1) is 12.3 Å². The number of fused-ring (bicyclic) bond motifs is 1. The summed E-state index contributed by atoms with van der Waals surface area (Å²) in [5.74, 6) is 0.734. The van der Waals surface area contributed by atoms with Gasteiger partial charge in [0.05, 0.1) is 17.8 Å². The topological polar surface area (TPSA) is 111 Å². The zero-order valence-corrected chi connectivity index (χ0v) is 26.7. The Morgan fingerprint density at radius 2 is 1.98 bits per heavy atom. The molecule has 1 amide bonds. The SMILES string of the molecule is COCOc1ccc(-c2cc(C(NC3CCN(C(=O)OC(C)(C)C)CC3(C)C)C3CCCCO3)c3c(C)[nH]nc3n2)cc1. The van der Waals surface area contributed by atoms with Crippen molar-refractivity contribution in [3.63, 3.8) is 0 Å². The fourth-order valence-electron chi connectivity index (χ4n) is 6.24. The van der Waals surface area contributed by atoms with Gasteiger partial charge in [0.25, 0.3) is 0 Å². The molecule has 10 nitrogen and oxygen atoms in total. The van der Waals surface area contributed by atoms with E-state index in [4.69, 9.17) is 23.9 Å². The molecule has 0 spiro atoms. The molecule has 0 radical (unpaired) electrons. The minimum Gasteiger partial charge on any atom is -0.468 e. The van der Waals surface area contributed by atoms with Crippen LogP contribution in [-0.2, 0) is 14.2 Å². The van der Waals surface area contributed by atoms with Crippen molar-refractivity contribution >= 4 is 17.1 Å². The van der Waals surface area contributed by atoms with Gasteiger partial charge in [0, 0.05) is 49.5 Å². The molecule has 2 N–H and O–H groups in total. The number of aromatic nitrogens is 3. The number of piperidine rings is 1. The fourth-order valence-corrected chi connectivity index (χ4v) is 6.24. The van der Waals surface area contributed by atoms with Crippen LogP contribution in [0.2, 0.25) is 0 Å². The second kappa shape index (κ2) is 12.8. The number of carbonyl (C=O) groups excluding carboxylic acids is 1. The molecule has 0 bridgehead atoms. The van der Waals surface area contributed by atoms with E-state index in [9.17, 15) is 4.79 Å². The molecule has 1 aromatic carbocycles. The van der Waals surface area contributed by atoms with Gasteiger partial charge in [-0.15, -0.1) is 0 Å². The summed E-state index contributed by atoms with van der Waals surface area (Å²) in [6, 6.07) is 10.1. The third-order valence-electron chi connectivity index (χ3n) is 8.41. The normalized spacial score (nSPS) is 21.5. The third kappa shape index (κ3) is 7.30. The molecular formula is C33H47N5O5. The molecule has 2 fully saturated rings. The monoisotopic (exact) mass is 593 g/mol. The van der Waals surface area contributed by atoms with Gasteiger partial charge in [0.1, 0.15) is 11.4 Å². The summed E-state index contributed by atoms with van der Waals surface area (Å²) < 4.78 is 22.8. The first-order valence-corrected chi connectivity index (χ1v) is 15.4. The van der Waals surface area contributed by atoms with Gasteiger partial charge in [-0.2, -0.15) is 5.10 Å². The lowest BCUT2D eigenvalue weighted by molar-refractivity contribution is -0.0254. The number of ether oxygens (including phenoxy) is 4. The first kappa shape index (κ1) is 31.2. The van der Waals surface area contributed by atoms with Gasteiger partial charge in [0.15, 0.2) is 12.4 Å². The molecule has 3 atom stereocenters. The highest BCUT2D eigenvalue weighted by Crippen LogP contribution is 2.38. The number of hydrogen-bond acceptors (Lipinski definition) is 8. The molecule has 43 heavy (non-hydrogen) atoms. The van der Waals surface area contributed by atoms with Gasteiger partial charge < -0.3 is 29.2 Å². The average Bonchev–Trinajstić information content (AvgIpc) is 3.35. The van der Waals surface area contributed by atoms with E-state index < -0.39 is 5.60 Å². The summed E-state index contributed by atoms with van der Waals surface area (Å²) >= 11 is 0. The lowest BCUT2D eigenvalue weighted by Crippen LogP contribution is -2.58. The van der Waals surface area contributed by atoms with Crippen molar-refractivity contribution < 1.29 is 23.7 Å². The molecule has 2 aliphatic heterocycles. The largest absolute Gasteiger partial charge is 0.468 e. The van der Waals surface area contributed by atoms with Crippen molar-refractivity contribution in [2.24, 2.45) is 5.41 Å². The van der Waals surface area contributed by atoms with Gasteiger partial charge in [-0.3, -0.25) is 5.10 Å². The smallest absolute Gasteiger partial charge is 0.410 e. The molecule has 0 aliphatic carbocycles. The highest BCUT2D eigenvalue weighted by molar-refractivity contribution is 5.85. The predicted octanol–water partition coefficient (Wildman–Crippen LogP) is 6.15. The molecule has 0 saturated carbocycles. The van der Waals surface area contributed by atoms with Crippen LogP contribution in [0.4, 0.5) is 4.79 Å². The molecule has 4 heterocycles. The Hall–Kier alpha value is -3.21. The molecule has 5 rings (SSSR count). The lowest BCUT2D eigenvalue weighted by Gasteiger charge is -2.47. The number of nitrogens with zero attached hydrogens (tertiary/aromatic N) is 3. The lowest BCUT2D eigenvalue weighted by atomic mass is 9.78. The molecule has 3 aromatic rings. The quantitative estimate of drug-likeness (QED) is 0.299. The number of aryl methyl sites for hydroxylation is 1. The van der Waals surface area contributed by atoms with Crippen molar-refractivity contribution in [2.75, 3.05) is 33.6 Å². The molecule has 2 aromatic heterocycles. The number of methoxy groups -OCH3 is 1. The minimum atomic E-state index is -0.524. The van der Waals surface area contributed by atoms with Crippen LogP contribution in [0.1, 0.15) is 77.6 Å². The summed E-state index contributed by atoms with van der Waals surface area (Å²) in [7, 11) is 1.60. The zero-order chi connectivity index (χ0) is 30.8. The second-order valence-electron chi connectivity index (χ2n) is 13.5. The standard InChI is InChI=1S/C33H47N5O5/c1-21-28-24(18-25(34-30(28)37-36-21)22-11-13-23(14-12-22)42-20-40-7)29(26-10-8-9-17-41-26)35-27-15-16-38(19-33(27,5)6)31(39)43-32(2,3)4/h11-14,18,26-27,29,35H,8-10,15-17,19-20H2,1-7H3,(H,34,36,37). The van der Waals surface area contributed by atoms with Crippen molar-refractivity contribution in [1.29, 1.82) is 0 Å². The molecule has 3 unspecified atom stereocenters. The van der Waals surface area contributed by atoms with E-state index in [0.29, 0.717) is 18.7 Å². The number of likely N-dealkylation sites (tertiary alicyclic amines) is 1. The van der Waals surface area contributed by atoms with E-state index in [1.54, 1.807) is 7.11 Å². The fraction of sp³-hybridized carbons (Fsp3) is 0.606. The van der Waals surface area contributed by atoms with E-state index in [-0.39, 0.29) is 36.5 Å². The maximum atomic E-state index is 12.9. The Morgan fingerprint density at radius 3 is 2.63 bits per heavy atom. The molecule has 2 aliphatic rings. The molecule has 234 valence electrons. The first-order chi connectivity index (χ1) is 20.4. The van der Waals surface area contributed by atoms with Gasteiger partial charge in [-0.05, 0) is 94.7 Å². The number of benzene rings is 1. The van der Waals surface area contributed by atoms with Gasteiger partial charge >= 0.3 is 6.09 Å². The first-order valence-electron chi connectivity index (χ1n) is 15.4. The van der Waals surface area contributed by atoms with E-state index in [0.717, 1.165) is 65.9 Å². The second-order valence-corrected chi connectivity index (χ2v) is 13.5. The summed E-state index contributed by atoms with van der Waals surface area (Å²) in [6.45, 7) is 14.4. The number of hydrogen-bond donors (Lipinski definition) is 2. The van der Waals surface area contributed by atoms with Crippen LogP contribution >= 0.6 is 0 Å². The molecule has 2 saturated heterocycles. The average molecular weight is 594 g/mol. The Morgan fingerprint density at radius 1 is 1.21 bits per heavy atom. The number of H-pyrrole nitrogens is 1. The maximum Gasteiger partial charge on any atom is 0.410 e. The van der Waals surface area contributed by atoms with Crippen molar-refractivity contribution in [3.8, 4) is 17.0 Å². The maximum absolute atomic E-state index is 12.9. The summed E-state index contributed by atoms with van der Waals surface area (Å²) in [4.78, 5) is 19.7. The minimum absolute atomic E-state index is 0.00556. The predicted molar refractivity (Wildman–Crippen MR) is 166 cm³/mol. The van der Waals surface area contributed by atoms with Crippen molar-refractivity contribution in [2.45, 2.75) is 91.0 Å². The number of aromatic amines is 1. The number of carbonyl (C=O) groups is 1. The van der Waals surface area contributed by atoms with Crippen LogP contribution < -0.4 is 10.1 Å². The number of nitrogens with one attached hydrogen (secondary N) is 2. The highest BCUT2D eigenvalue weighted by atomic mass is 16.7. The Labute approximate surface area is 254 Å². The Balaban J connectivity index is 1.48. The zero-order valence-electron chi connectivity index (χ0n) is 26.7. The van der Waals surface area contributed by atoms with E-state index in [2.05, 4.69) is 35.4 Å². The summed E-state index contributed by atoms with van der Waals surface area (Å²) in [5, 5.41) is 12.8. The van der Waals surface area contributed by atoms with Gasteiger partial charge in [0.2, 0.25) is 0 Å². The Bertz CT molecular complexity index is 1390. The van der Waals surface area contributed by atoms with Gasteiger partial charge in [-0.1, -0.05) is 13.8 Å². The van der Waals surface area contributed by atoms with Crippen LogP contribution in [0.5, 0.6) is 5.75 Å². The summed E-state index contributed by atoms with van der Waals surface area (Å²) in [5.41, 5.74) is 3.89. The molecule has 10 heteroatoms. The number of pyridine rings is 1. The van der Waals surface area contributed by atoms with Crippen LogP contribution in [-0.4, -0.2) is 77.5 Å². The van der Waals surface area contributed by atoms with Crippen LogP contribution in [0.25, 0.3) is 22.3 Å². The number of amides is 1. The summed E-state index contributed by atoms with van der Waals surface area (Å²) in [6.07, 6.45) is 3.73. The molecular weight excluding hydrogens is 546 g/mol. The van der Waals surface area contributed by atoms with Crippen molar-refractivity contribution in [1.82, 2.24) is 25.4 Å². The van der Waals surface area contributed by atoms with Gasteiger partial charge in [-0.25, -0.2) is 9.78 Å².